The van der Waals surface area contributed by atoms with Crippen LogP contribution >= 0.6 is 23.3 Å². The number of carboxylic acids is 1. The minimum Gasteiger partial charge on any atom is -0.477 e. The van der Waals surface area contributed by atoms with E-state index in [0.29, 0.717) is 22.9 Å². The summed E-state index contributed by atoms with van der Waals surface area (Å²) >= 11 is 1.99. The van der Waals surface area contributed by atoms with Gasteiger partial charge in [-0.3, -0.25) is 14.5 Å². The first-order valence-corrected chi connectivity index (χ1v) is 12.7. The number of rotatable bonds is 8. The van der Waals surface area contributed by atoms with Crippen molar-refractivity contribution in [2.24, 2.45) is 5.16 Å². The zero-order valence-corrected chi connectivity index (χ0v) is 20.5. The predicted molar refractivity (Wildman–Crippen MR) is 125 cm³/mol. The summed E-state index contributed by atoms with van der Waals surface area (Å²) in [7, 11) is 0. The molecule has 3 aliphatic rings. The van der Waals surface area contributed by atoms with Crippen LogP contribution in [0.3, 0.4) is 0 Å². The molecular weight excluding hydrogens is 536 g/mol. The quantitative estimate of drug-likeness (QED) is 0.142. The molecule has 0 unspecified atom stereocenters. The Hall–Kier alpha value is -3.80. The molecule has 0 spiro atoms. The van der Waals surface area contributed by atoms with Crippen LogP contribution in [0.25, 0.3) is 0 Å². The van der Waals surface area contributed by atoms with Crippen molar-refractivity contribution in [3.05, 3.63) is 29.4 Å². The van der Waals surface area contributed by atoms with Gasteiger partial charge in [-0.15, -0.1) is 21.1 Å². The number of nitrogen functional groups attached to an aromatic ring is 1. The Morgan fingerprint density at radius 2 is 2.27 bits per heavy atom. The highest BCUT2D eigenvalue weighted by Gasteiger charge is 2.55. The lowest BCUT2D eigenvalue weighted by Gasteiger charge is -2.49. The van der Waals surface area contributed by atoms with Gasteiger partial charge in [0.05, 0.1) is 12.6 Å². The zero-order valence-electron chi connectivity index (χ0n) is 18.8. The first kappa shape index (κ1) is 24.9. The van der Waals surface area contributed by atoms with E-state index in [0.717, 1.165) is 30.2 Å². The monoisotopic (exact) mass is 556 g/mol. The minimum atomic E-state index is -3.31. The number of carboxylic acid groups (broad SMARTS) is 1. The summed E-state index contributed by atoms with van der Waals surface area (Å²) in [6.07, 6.45) is 2.77. The van der Waals surface area contributed by atoms with Gasteiger partial charge in [0.25, 0.3) is 11.8 Å². The van der Waals surface area contributed by atoms with Gasteiger partial charge in [0, 0.05) is 29.4 Å². The molecule has 5 N–H and O–H groups in total. The molecule has 2 aromatic rings. The third-order valence-electron chi connectivity index (χ3n) is 5.83. The van der Waals surface area contributed by atoms with Crippen LogP contribution in [-0.4, -0.2) is 77.9 Å². The van der Waals surface area contributed by atoms with Crippen molar-refractivity contribution < 1.29 is 37.8 Å². The van der Waals surface area contributed by atoms with Crippen molar-refractivity contribution in [2.45, 2.75) is 37.5 Å². The number of hydrogen-bond donors (Lipinski definition) is 4. The predicted octanol–water partition coefficient (Wildman–Crippen LogP) is -0.593. The Morgan fingerprint density at radius 3 is 2.97 bits per heavy atom. The normalized spacial score (nSPS) is 21.2. The lowest BCUT2D eigenvalue weighted by Crippen LogP contribution is -2.71. The molecule has 0 saturated carbocycles. The molecule has 0 aliphatic carbocycles. The van der Waals surface area contributed by atoms with Gasteiger partial charge in [-0.05, 0) is 6.42 Å². The van der Waals surface area contributed by atoms with Crippen molar-refractivity contribution in [1.82, 2.24) is 24.3 Å². The third-order valence-corrected chi connectivity index (χ3v) is 7.71. The first-order valence-electron chi connectivity index (χ1n) is 10.9. The molecule has 196 valence electrons. The van der Waals surface area contributed by atoms with Crippen LogP contribution in [0.15, 0.2) is 28.7 Å². The van der Waals surface area contributed by atoms with Gasteiger partial charge in [0.15, 0.2) is 23.7 Å². The standard InChI is InChI=1S/C19H19F2N9O5S2/c20-18(21)35-26-10(13-25-19(22)37-27-13)14(31)24-11-15(32)30-12(17(33)34)8(7-36-16(11)30)6-28-5-2-9-23-3-1-4-29(9)28/h2,5,11,16,18H,1,3-4,6-7H2,(H4,22,24,25,27,31,33,34)/p+1/t11-,16-/m1/s1. The van der Waals surface area contributed by atoms with E-state index in [1.165, 1.54) is 11.8 Å². The van der Waals surface area contributed by atoms with Crippen molar-refractivity contribution in [2.75, 3.05) is 23.3 Å². The summed E-state index contributed by atoms with van der Waals surface area (Å²) in [6, 6.07) is 0.778. The molecule has 37 heavy (non-hydrogen) atoms. The first-order chi connectivity index (χ1) is 17.7. The Labute approximate surface area is 215 Å². The van der Waals surface area contributed by atoms with E-state index in [4.69, 9.17) is 5.73 Å². The van der Waals surface area contributed by atoms with Crippen molar-refractivity contribution >= 4 is 57.7 Å². The number of thioether (sulfide) groups is 1. The second kappa shape index (κ2) is 9.92. The highest BCUT2D eigenvalue weighted by Crippen LogP contribution is 2.40. The minimum absolute atomic E-state index is 0.0389. The van der Waals surface area contributed by atoms with Crippen LogP contribution in [-0.2, 0) is 32.3 Å². The van der Waals surface area contributed by atoms with E-state index in [1.54, 1.807) is 0 Å². The average molecular weight is 557 g/mol. The highest BCUT2D eigenvalue weighted by atomic mass is 32.2. The van der Waals surface area contributed by atoms with Gasteiger partial charge in [0.2, 0.25) is 11.5 Å². The number of carbonyl (C=O) groups is 3. The Bertz CT molecular complexity index is 1330. The fourth-order valence-corrected chi connectivity index (χ4v) is 6.03. The number of aromatic nitrogens is 4. The van der Waals surface area contributed by atoms with E-state index < -0.39 is 41.5 Å². The molecule has 1 saturated heterocycles. The van der Waals surface area contributed by atoms with E-state index in [9.17, 15) is 28.3 Å². The topological polar surface area (TPSA) is 181 Å². The van der Waals surface area contributed by atoms with Gasteiger partial charge < -0.3 is 26.3 Å². The highest BCUT2D eigenvalue weighted by molar-refractivity contribution is 8.00. The Kier molecular flexibility index (Phi) is 6.67. The van der Waals surface area contributed by atoms with E-state index in [1.807, 2.05) is 21.6 Å². The summed E-state index contributed by atoms with van der Waals surface area (Å²) in [6.45, 7) is -1.42. The van der Waals surface area contributed by atoms with Gasteiger partial charge in [-0.25, -0.2) is 4.79 Å². The number of oxime groups is 1. The molecule has 2 amide bonds. The molecule has 14 nitrogen and oxygen atoms in total. The maximum Gasteiger partial charge on any atom is 0.407 e. The summed E-state index contributed by atoms with van der Waals surface area (Å²) in [5.41, 5.74) is 5.20. The molecule has 2 aromatic heterocycles. The second-order valence-electron chi connectivity index (χ2n) is 8.08. The molecule has 5 heterocycles. The molecule has 18 heteroatoms. The zero-order chi connectivity index (χ0) is 26.3. The van der Waals surface area contributed by atoms with Crippen LogP contribution in [0.4, 0.5) is 19.7 Å². The molecule has 5 rings (SSSR count). The molecular formula is C19H20F2N9O5S2+. The number of amides is 2. The summed E-state index contributed by atoms with van der Waals surface area (Å²) in [4.78, 5) is 46.8. The number of halogens is 2. The summed E-state index contributed by atoms with van der Waals surface area (Å²) in [5, 5.41) is 18.0. The maximum atomic E-state index is 13.0. The van der Waals surface area contributed by atoms with E-state index in [2.05, 4.69) is 30.0 Å². The summed E-state index contributed by atoms with van der Waals surface area (Å²) < 4.78 is 32.7. The van der Waals surface area contributed by atoms with Crippen LogP contribution in [0.2, 0.25) is 0 Å². The molecule has 2 atom stereocenters. The molecule has 0 aromatic carbocycles. The Morgan fingerprint density at radius 1 is 1.46 bits per heavy atom. The molecule has 0 bridgehead atoms. The number of nitrogens with zero attached hydrogens (tertiary/aromatic N) is 6. The fraction of sp³-hybridized carbons (Fsp3) is 0.421. The maximum absolute atomic E-state index is 13.0. The number of nitrogens with one attached hydrogen (secondary N) is 2. The second-order valence-corrected chi connectivity index (χ2v) is 9.97. The number of hydrogen-bond acceptors (Lipinski definition) is 11. The number of β-lactam (4-membered cyclic amide) rings is 1. The average Bonchev–Trinajstić information content (AvgIpc) is 3.48. The van der Waals surface area contributed by atoms with Crippen LogP contribution < -0.4 is 21.0 Å². The summed E-state index contributed by atoms with van der Waals surface area (Å²) in [5.74, 6) is -2.11. The molecule has 1 fully saturated rings. The SMILES string of the molecule is Nc1nc(C(=NOC(F)F)C(=O)N[C@@H]2C(=O)N3C(C(=O)O)=C(C[n+]4ccc5n4CCCN5)CS[C@H]23)ns1. The number of alkyl halides is 2. The van der Waals surface area contributed by atoms with Crippen molar-refractivity contribution in [3.8, 4) is 0 Å². The lowest BCUT2D eigenvalue weighted by atomic mass is 10.0. The van der Waals surface area contributed by atoms with Gasteiger partial charge in [-0.1, -0.05) is 5.16 Å². The van der Waals surface area contributed by atoms with Crippen molar-refractivity contribution in [1.29, 1.82) is 0 Å². The van der Waals surface area contributed by atoms with Gasteiger partial charge >= 0.3 is 12.6 Å². The largest absolute Gasteiger partial charge is 0.477 e. The van der Waals surface area contributed by atoms with Crippen molar-refractivity contribution in [3.63, 3.8) is 0 Å². The number of fused-ring (bicyclic) bond motifs is 2. The smallest absolute Gasteiger partial charge is 0.407 e. The number of carbonyl (C=O) groups excluding carboxylic acids is 2. The van der Waals surface area contributed by atoms with Crippen LogP contribution in [0.5, 0.6) is 0 Å². The van der Waals surface area contributed by atoms with Crippen LogP contribution in [0, 0.1) is 0 Å². The molecule has 0 radical (unpaired) electrons. The Balaban J connectivity index is 1.35. The van der Waals surface area contributed by atoms with Gasteiger partial charge in [0.1, 0.15) is 17.1 Å². The fourth-order valence-electron chi connectivity index (χ4n) is 4.26. The van der Waals surface area contributed by atoms with E-state index >= 15 is 0 Å². The molecule has 3 aliphatic heterocycles. The van der Waals surface area contributed by atoms with Gasteiger partial charge in [-0.2, -0.15) is 18.1 Å². The third kappa shape index (κ3) is 4.68. The lowest BCUT2D eigenvalue weighted by molar-refractivity contribution is -0.768. The number of anilines is 2. The number of nitrogens with two attached hydrogens (primary N) is 1. The van der Waals surface area contributed by atoms with E-state index in [-0.39, 0.29) is 23.2 Å². The number of aliphatic carboxylic acids is 1. The van der Waals surface area contributed by atoms with Crippen LogP contribution in [0.1, 0.15) is 12.2 Å².